The molecule has 1 aromatic carbocycles. The molecule has 0 aromatic heterocycles. The third-order valence-electron chi connectivity index (χ3n) is 2.72. The van der Waals surface area contributed by atoms with Crippen molar-refractivity contribution in [2.75, 3.05) is 0 Å². The molecule has 7 heteroatoms. The fourth-order valence-electron chi connectivity index (χ4n) is 1.74. The van der Waals surface area contributed by atoms with Crippen LogP contribution in [0.2, 0.25) is 0 Å². The summed E-state index contributed by atoms with van der Waals surface area (Å²) in [5.41, 5.74) is -0.145. The lowest BCUT2D eigenvalue weighted by atomic mass is 10.1. The molecule has 1 unspecified atom stereocenters. The Morgan fingerprint density at radius 2 is 2.16 bits per heavy atom. The Kier molecular flexibility index (Phi) is 3.94. The quantitative estimate of drug-likeness (QED) is 0.799. The first kappa shape index (κ1) is 13.7. The standard InChI is InChI=1S/C12H10BrFN2O3/c13-6-1-2-7(8(14)5-6)11(18)15-9-3-4-10(17)16-12(9)19/h1-2,5,9H,3-4H2,(H,15,18)(H,16,17,19). The van der Waals surface area contributed by atoms with Gasteiger partial charge < -0.3 is 5.32 Å². The van der Waals surface area contributed by atoms with Gasteiger partial charge in [0.15, 0.2) is 0 Å². The summed E-state index contributed by atoms with van der Waals surface area (Å²) in [6.45, 7) is 0. The van der Waals surface area contributed by atoms with Gasteiger partial charge in [-0.25, -0.2) is 4.39 Å². The fraction of sp³-hybridized carbons (Fsp3) is 0.250. The van der Waals surface area contributed by atoms with Gasteiger partial charge in [-0.2, -0.15) is 0 Å². The van der Waals surface area contributed by atoms with Gasteiger partial charge in [-0.1, -0.05) is 15.9 Å². The molecule has 100 valence electrons. The van der Waals surface area contributed by atoms with Crippen LogP contribution in [0.25, 0.3) is 0 Å². The highest BCUT2D eigenvalue weighted by Crippen LogP contribution is 2.15. The SMILES string of the molecule is O=C1CCC(NC(=O)c2ccc(Br)cc2F)C(=O)N1. The molecule has 1 saturated heterocycles. The number of nitrogens with one attached hydrogen (secondary N) is 2. The first-order valence-electron chi connectivity index (χ1n) is 5.57. The molecule has 2 rings (SSSR count). The largest absolute Gasteiger partial charge is 0.340 e. The summed E-state index contributed by atoms with van der Waals surface area (Å²) in [6, 6.07) is 3.20. The van der Waals surface area contributed by atoms with E-state index in [1.54, 1.807) is 0 Å². The van der Waals surface area contributed by atoms with Gasteiger partial charge in [0.25, 0.3) is 5.91 Å². The number of benzene rings is 1. The Bertz CT molecular complexity index is 562. The van der Waals surface area contributed by atoms with Gasteiger partial charge in [0.1, 0.15) is 11.9 Å². The van der Waals surface area contributed by atoms with Crippen molar-refractivity contribution in [3.8, 4) is 0 Å². The Hall–Kier alpha value is -1.76. The van der Waals surface area contributed by atoms with E-state index in [9.17, 15) is 18.8 Å². The van der Waals surface area contributed by atoms with Crippen LogP contribution in [-0.2, 0) is 9.59 Å². The normalized spacial score (nSPS) is 18.9. The number of hydrogen-bond donors (Lipinski definition) is 2. The summed E-state index contributed by atoms with van der Waals surface area (Å²) in [5.74, 6) is -2.30. The minimum absolute atomic E-state index is 0.145. The van der Waals surface area contributed by atoms with Gasteiger partial charge in [0, 0.05) is 10.9 Å². The molecule has 0 radical (unpaired) electrons. The molecule has 5 nitrogen and oxygen atoms in total. The van der Waals surface area contributed by atoms with Crippen LogP contribution in [0, 0.1) is 5.82 Å². The average molecular weight is 329 g/mol. The molecule has 1 aliphatic heterocycles. The third-order valence-corrected chi connectivity index (χ3v) is 3.21. The number of amides is 3. The van der Waals surface area contributed by atoms with Crippen LogP contribution in [0.4, 0.5) is 4.39 Å². The highest BCUT2D eigenvalue weighted by atomic mass is 79.9. The molecule has 19 heavy (non-hydrogen) atoms. The first-order chi connectivity index (χ1) is 8.97. The second-order valence-electron chi connectivity index (χ2n) is 4.10. The Labute approximate surface area is 116 Å². The number of carbonyl (C=O) groups is 3. The van der Waals surface area contributed by atoms with Gasteiger partial charge in [0.05, 0.1) is 5.56 Å². The molecule has 2 N–H and O–H groups in total. The lowest BCUT2D eigenvalue weighted by Gasteiger charge is -2.21. The van der Waals surface area contributed by atoms with Crippen molar-refractivity contribution in [1.82, 2.24) is 10.6 Å². The van der Waals surface area contributed by atoms with Crippen molar-refractivity contribution in [3.63, 3.8) is 0 Å². The zero-order valence-electron chi connectivity index (χ0n) is 9.70. The third kappa shape index (κ3) is 3.17. The van der Waals surface area contributed by atoms with E-state index < -0.39 is 23.7 Å². The Morgan fingerprint density at radius 3 is 2.79 bits per heavy atom. The molecule has 1 heterocycles. The summed E-state index contributed by atoms with van der Waals surface area (Å²) < 4.78 is 14.1. The molecule has 0 aliphatic carbocycles. The molecule has 0 spiro atoms. The van der Waals surface area contributed by atoms with Crippen molar-refractivity contribution >= 4 is 33.7 Å². The molecular formula is C12H10BrFN2O3. The van der Waals surface area contributed by atoms with E-state index in [0.29, 0.717) is 4.47 Å². The molecule has 3 amide bonds. The lowest BCUT2D eigenvalue weighted by molar-refractivity contribution is -0.134. The second kappa shape index (κ2) is 5.48. The number of halogens is 2. The molecule has 1 fully saturated rings. The van der Waals surface area contributed by atoms with E-state index in [1.165, 1.54) is 18.2 Å². The van der Waals surface area contributed by atoms with E-state index in [0.717, 1.165) is 0 Å². The van der Waals surface area contributed by atoms with Crippen LogP contribution in [0.15, 0.2) is 22.7 Å². The predicted octanol–water partition coefficient (Wildman–Crippen LogP) is 1.12. The zero-order valence-corrected chi connectivity index (χ0v) is 11.3. The van der Waals surface area contributed by atoms with E-state index in [1.807, 2.05) is 0 Å². The number of piperidine rings is 1. The number of hydrogen-bond acceptors (Lipinski definition) is 3. The van der Waals surface area contributed by atoms with Gasteiger partial charge in [-0.15, -0.1) is 0 Å². The van der Waals surface area contributed by atoms with Crippen LogP contribution in [0.1, 0.15) is 23.2 Å². The second-order valence-corrected chi connectivity index (χ2v) is 5.02. The molecule has 0 saturated carbocycles. The molecular weight excluding hydrogens is 319 g/mol. The van der Waals surface area contributed by atoms with Crippen LogP contribution in [0.5, 0.6) is 0 Å². The van der Waals surface area contributed by atoms with E-state index in [-0.39, 0.29) is 24.3 Å². The van der Waals surface area contributed by atoms with Crippen molar-refractivity contribution in [2.24, 2.45) is 0 Å². The van der Waals surface area contributed by atoms with Gasteiger partial charge in [-0.05, 0) is 24.6 Å². The fourth-order valence-corrected chi connectivity index (χ4v) is 2.07. The maximum atomic E-state index is 13.6. The van der Waals surface area contributed by atoms with Gasteiger partial charge in [0.2, 0.25) is 11.8 Å². The van der Waals surface area contributed by atoms with E-state index in [2.05, 4.69) is 26.6 Å². The zero-order chi connectivity index (χ0) is 14.0. The van der Waals surface area contributed by atoms with Crippen molar-refractivity contribution in [3.05, 3.63) is 34.1 Å². The Balaban J connectivity index is 2.09. The summed E-state index contributed by atoms with van der Waals surface area (Å²) in [7, 11) is 0. The maximum absolute atomic E-state index is 13.6. The van der Waals surface area contributed by atoms with Crippen LogP contribution in [-0.4, -0.2) is 23.8 Å². The van der Waals surface area contributed by atoms with Crippen LogP contribution >= 0.6 is 15.9 Å². The molecule has 1 atom stereocenters. The maximum Gasteiger partial charge on any atom is 0.254 e. The summed E-state index contributed by atoms with van der Waals surface area (Å²) in [6.07, 6.45) is 0.369. The minimum Gasteiger partial charge on any atom is -0.340 e. The number of carbonyl (C=O) groups excluding carboxylic acids is 3. The van der Waals surface area contributed by atoms with Crippen molar-refractivity contribution in [1.29, 1.82) is 0 Å². The van der Waals surface area contributed by atoms with E-state index in [4.69, 9.17) is 0 Å². The van der Waals surface area contributed by atoms with Crippen molar-refractivity contribution < 1.29 is 18.8 Å². The van der Waals surface area contributed by atoms with Crippen LogP contribution in [0.3, 0.4) is 0 Å². The average Bonchev–Trinajstić information content (AvgIpc) is 2.32. The predicted molar refractivity (Wildman–Crippen MR) is 67.7 cm³/mol. The summed E-state index contributed by atoms with van der Waals surface area (Å²) in [4.78, 5) is 34.3. The highest BCUT2D eigenvalue weighted by molar-refractivity contribution is 9.10. The topological polar surface area (TPSA) is 75.3 Å². The smallest absolute Gasteiger partial charge is 0.254 e. The molecule has 0 bridgehead atoms. The van der Waals surface area contributed by atoms with Crippen LogP contribution < -0.4 is 10.6 Å². The number of rotatable bonds is 2. The first-order valence-corrected chi connectivity index (χ1v) is 6.36. The molecule has 1 aromatic rings. The minimum atomic E-state index is -0.812. The van der Waals surface area contributed by atoms with Crippen molar-refractivity contribution in [2.45, 2.75) is 18.9 Å². The summed E-state index contributed by atoms with van der Waals surface area (Å²) >= 11 is 3.09. The van der Waals surface area contributed by atoms with Gasteiger partial charge in [-0.3, -0.25) is 19.7 Å². The van der Waals surface area contributed by atoms with E-state index >= 15 is 0 Å². The lowest BCUT2D eigenvalue weighted by Crippen LogP contribution is -2.52. The summed E-state index contributed by atoms with van der Waals surface area (Å²) in [5, 5.41) is 4.52. The Morgan fingerprint density at radius 1 is 1.42 bits per heavy atom. The van der Waals surface area contributed by atoms with Gasteiger partial charge >= 0.3 is 0 Å². The highest BCUT2D eigenvalue weighted by Gasteiger charge is 2.28. The molecule has 1 aliphatic rings. The monoisotopic (exact) mass is 328 g/mol. The number of imide groups is 1.